The van der Waals surface area contributed by atoms with Gasteiger partial charge in [-0.3, -0.25) is 0 Å². The van der Waals surface area contributed by atoms with Crippen LogP contribution in [0.15, 0.2) is 22.7 Å². The molecule has 0 aliphatic carbocycles. The molecular weight excluding hydrogens is 276 g/mol. The zero-order valence-electron chi connectivity index (χ0n) is 10.5. The first-order valence-electron chi connectivity index (χ1n) is 6.54. The second-order valence-electron chi connectivity index (χ2n) is 4.83. The third-order valence-corrected chi connectivity index (χ3v) is 4.04. The molecule has 1 atom stereocenters. The summed E-state index contributed by atoms with van der Waals surface area (Å²) in [6.07, 6.45) is 6.48. The van der Waals surface area contributed by atoms with Gasteiger partial charge in [0.2, 0.25) is 0 Å². The van der Waals surface area contributed by atoms with Crippen molar-refractivity contribution in [1.29, 1.82) is 0 Å². The highest BCUT2D eigenvalue weighted by Crippen LogP contribution is 2.32. The van der Waals surface area contributed by atoms with Crippen LogP contribution in [-0.4, -0.2) is 12.6 Å². The second-order valence-corrected chi connectivity index (χ2v) is 5.75. The molecule has 1 aliphatic heterocycles. The lowest BCUT2D eigenvalue weighted by molar-refractivity contribution is 0.435. The van der Waals surface area contributed by atoms with E-state index in [2.05, 4.69) is 39.9 Å². The maximum Gasteiger partial charge on any atom is 0.0603 e. The lowest BCUT2D eigenvalue weighted by Crippen LogP contribution is -2.39. The smallest absolute Gasteiger partial charge is 0.0603 e. The summed E-state index contributed by atoms with van der Waals surface area (Å²) in [5, 5.41) is 0. The minimum absolute atomic E-state index is 0.678. The van der Waals surface area contributed by atoms with Crippen LogP contribution in [0.5, 0.6) is 0 Å². The highest BCUT2D eigenvalue weighted by atomic mass is 79.9. The Hall–Kier alpha value is -0.700. The molecule has 2 nitrogen and oxygen atoms in total. The zero-order valence-corrected chi connectivity index (χ0v) is 12.0. The van der Waals surface area contributed by atoms with Gasteiger partial charge in [-0.25, -0.2) is 0 Å². The molecule has 2 rings (SSSR count). The van der Waals surface area contributed by atoms with Crippen molar-refractivity contribution in [3.63, 3.8) is 0 Å². The molecule has 1 aliphatic rings. The highest BCUT2D eigenvalue weighted by Gasteiger charge is 2.23. The van der Waals surface area contributed by atoms with Gasteiger partial charge in [-0.05, 0) is 43.9 Å². The Kier molecular flexibility index (Phi) is 4.32. The molecule has 0 amide bonds. The Labute approximate surface area is 112 Å². The summed E-state index contributed by atoms with van der Waals surface area (Å²) in [7, 11) is 0. The first-order valence-corrected chi connectivity index (χ1v) is 7.33. The van der Waals surface area contributed by atoms with Gasteiger partial charge in [-0.15, -0.1) is 0 Å². The summed E-state index contributed by atoms with van der Waals surface area (Å²) < 4.78 is 1.06. The van der Waals surface area contributed by atoms with Crippen LogP contribution in [0.25, 0.3) is 0 Å². The summed E-state index contributed by atoms with van der Waals surface area (Å²) in [4.78, 5) is 2.51. The van der Waals surface area contributed by atoms with Gasteiger partial charge in [0, 0.05) is 17.1 Å². The van der Waals surface area contributed by atoms with Gasteiger partial charge in [0.25, 0.3) is 0 Å². The fourth-order valence-electron chi connectivity index (χ4n) is 2.74. The second kappa shape index (κ2) is 5.76. The van der Waals surface area contributed by atoms with Crippen molar-refractivity contribution in [1.82, 2.24) is 0 Å². The number of piperidine rings is 1. The van der Waals surface area contributed by atoms with Crippen molar-refractivity contribution in [2.24, 2.45) is 0 Å². The minimum Gasteiger partial charge on any atom is -0.397 e. The highest BCUT2D eigenvalue weighted by molar-refractivity contribution is 9.10. The quantitative estimate of drug-likeness (QED) is 0.848. The normalized spacial score (nSPS) is 20.6. The number of rotatable bonds is 3. The molecule has 1 aromatic carbocycles. The third-order valence-electron chi connectivity index (χ3n) is 3.55. The van der Waals surface area contributed by atoms with E-state index in [0.29, 0.717) is 6.04 Å². The average molecular weight is 297 g/mol. The van der Waals surface area contributed by atoms with Crippen LogP contribution in [0, 0.1) is 0 Å². The van der Waals surface area contributed by atoms with Crippen molar-refractivity contribution in [2.45, 2.75) is 45.1 Å². The van der Waals surface area contributed by atoms with E-state index >= 15 is 0 Å². The predicted molar refractivity (Wildman–Crippen MR) is 78.4 cm³/mol. The van der Waals surface area contributed by atoms with Crippen LogP contribution in [0.2, 0.25) is 0 Å². The molecule has 0 aromatic heterocycles. The molecule has 1 fully saturated rings. The zero-order chi connectivity index (χ0) is 12.3. The molecule has 1 heterocycles. The SMILES string of the molecule is CCCC1CCCCN1c1ccc(Br)cc1N. The van der Waals surface area contributed by atoms with Crippen molar-refractivity contribution in [3.8, 4) is 0 Å². The number of hydrogen-bond acceptors (Lipinski definition) is 2. The minimum atomic E-state index is 0.678. The molecule has 17 heavy (non-hydrogen) atoms. The number of halogens is 1. The fraction of sp³-hybridized carbons (Fsp3) is 0.571. The van der Waals surface area contributed by atoms with E-state index in [9.17, 15) is 0 Å². The Morgan fingerprint density at radius 1 is 1.41 bits per heavy atom. The van der Waals surface area contributed by atoms with E-state index in [4.69, 9.17) is 5.73 Å². The van der Waals surface area contributed by atoms with E-state index in [1.54, 1.807) is 0 Å². The van der Waals surface area contributed by atoms with E-state index in [1.165, 1.54) is 37.8 Å². The van der Waals surface area contributed by atoms with Crippen LogP contribution in [-0.2, 0) is 0 Å². The van der Waals surface area contributed by atoms with E-state index in [0.717, 1.165) is 16.7 Å². The molecule has 3 heteroatoms. The molecule has 1 unspecified atom stereocenters. The molecule has 0 spiro atoms. The van der Waals surface area contributed by atoms with E-state index in [-0.39, 0.29) is 0 Å². The van der Waals surface area contributed by atoms with Crippen LogP contribution in [0.3, 0.4) is 0 Å². The number of benzene rings is 1. The molecule has 94 valence electrons. The van der Waals surface area contributed by atoms with Crippen molar-refractivity contribution in [3.05, 3.63) is 22.7 Å². The monoisotopic (exact) mass is 296 g/mol. The molecule has 0 saturated carbocycles. The molecular formula is C14H21BrN2. The number of anilines is 2. The summed E-state index contributed by atoms with van der Waals surface area (Å²) in [5.41, 5.74) is 8.24. The standard InChI is InChI=1S/C14H21BrN2/c1-2-5-12-6-3-4-9-17(12)14-8-7-11(15)10-13(14)16/h7-8,10,12H,2-6,9,16H2,1H3. The molecule has 1 aromatic rings. The van der Waals surface area contributed by atoms with Gasteiger partial charge >= 0.3 is 0 Å². The predicted octanol–water partition coefficient (Wildman–Crippen LogP) is 4.19. The van der Waals surface area contributed by atoms with Gasteiger partial charge in [-0.2, -0.15) is 0 Å². The molecule has 0 radical (unpaired) electrons. The number of nitrogens with two attached hydrogens (primary N) is 1. The van der Waals surface area contributed by atoms with Gasteiger partial charge < -0.3 is 10.6 Å². The third kappa shape index (κ3) is 2.95. The van der Waals surface area contributed by atoms with Crippen LogP contribution in [0.1, 0.15) is 39.0 Å². The fourth-order valence-corrected chi connectivity index (χ4v) is 3.12. The van der Waals surface area contributed by atoms with Crippen LogP contribution >= 0.6 is 15.9 Å². The van der Waals surface area contributed by atoms with Crippen LogP contribution < -0.4 is 10.6 Å². The van der Waals surface area contributed by atoms with Gasteiger partial charge in [0.05, 0.1) is 11.4 Å². The van der Waals surface area contributed by atoms with Crippen molar-refractivity contribution < 1.29 is 0 Å². The summed E-state index contributed by atoms with van der Waals surface area (Å²) in [6.45, 7) is 3.41. The lowest BCUT2D eigenvalue weighted by Gasteiger charge is -2.38. The average Bonchev–Trinajstić information content (AvgIpc) is 2.31. The first kappa shape index (κ1) is 12.7. The Bertz CT molecular complexity index is 376. The maximum atomic E-state index is 6.14. The van der Waals surface area contributed by atoms with Gasteiger partial charge in [0.15, 0.2) is 0 Å². The van der Waals surface area contributed by atoms with Gasteiger partial charge in [-0.1, -0.05) is 29.3 Å². The Balaban J connectivity index is 2.23. The lowest BCUT2D eigenvalue weighted by atomic mass is 9.97. The van der Waals surface area contributed by atoms with Gasteiger partial charge in [0.1, 0.15) is 0 Å². The largest absolute Gasteiger partial charge is 0.397 e. The number of hydrogen-bond donors (Lipinski definition) is 1. The summed E-state index contributed by atoms with van der Waals surface area (Å²) in [6, 6.07) is 6.92. The summed E-state index contributed by atoms with van der Waals surface area (Å²) >= 11 is 3.47. The Morgan fingerprint density at radius 2 is 2.24 bits per heavy atom. The topological polar surface area (TPSA) is 29.3 Å². The maximum absolute atomic E-state index is 6.14. The number of nitrogens with zero attached hydrogens (tertiary/aromatic N) is 1. The first-order chi connectivity index (χ1) is 8.22. The molecule has 0 bridgehead atoms. The molecule has 2 N–H and O–H groups in total. The van der Waals surface area contributed by atoms with E-state index < -0.39 is 0 Å². The molecule has 1 saturated heterocycles. The van der Waals surface area contributed by atoms with E-state index in [1.807, 2.05) is 6.07 Å². The van der Waals surface area contributed by atoms with Crippen LogP contribution in [0.4, 0.5) is 11.4 Å². The van der Waals surface area contributed by atoms with Crippen molar-refractivity contribution >= 4 is 27.3 Å². The Morgan fingerprint density at radius 3 is 2.94 bits per heavy atom. The summed E-state index contributed by atoms with van der Waals surface area (Å²) in [5.74, 6) is 0. The number of nitrogen functional groups attached to an aromatic ring is 1. The van der Waals surface area contributed by atoms with Crippen molar-refractivity contribution in [2.75, 3.05) is 17.2 Å².